The van der Waals surface area contributed by atoms with Crippen LogP contribution < -0.4 is 11.2 Å². The molecule has 1 aliphatic heterocycles. The Bertz CT molecular complexity index is 1050. The van der Waals surface area contributed by atoms with E-state index in [9.17, 15) is 22.4 Å². The second-order valence-corrected chi connectivity index (χ2v) is 9.42. The third-order valence-electron chi connectivity index (χ3n) is 4.52. The predicted molar refractivity (Wildman–Crippen MR) is 102 cm³/mol. The number of thioether (sulfide) groups is 1. The van der Waals surface area contributed by atoms with Crippen LogP contribution in [0.15, 0.2) is 38.8 Å². The molecule has 0 amide bonds. The predicted octanol–water partition coefficient (Wildman–Crippen LogP) is 1.18. The molecule has 146 valence electrons. The number of sulfonamides is 1. The second kappa shape index (κ2) is 7.99. The molecule has 0 bridgehead atoms. The fourth-order valence-electron chi connectivity index (χ4n) is 3.03. The van der Waals surface area contributed by atoms with Gasteiger partial charge in [0, 0.05) is 37.1 Å². The molecule has 0 saturated carbocycles. The highest BCUT2D eigenvalue weighted by Gasteiger charge is 2.22. The van der Waals surface area contributed by atoms with Crippen molar-refractivity contribution in [2.45, 2.75) is 30.0 Å². The van der Waals surface area contributed by atoms with Gasteiger partial charge in [-0.15, -0.1) is 0 Å². The quantitative estimate of drug-likeness (QED) is 0.768. The SMILES string of the molecule is CN(CCCn1c2c(c(=O)[nH]c1=O)CSCC2)S(=O)(=O)c1ccc(F)cc1. The molecular formula is C17H20FN3O4S2. The minimum Gasteiger partial charge on any atom is -0.297 e. The maximum atomic E-state index is 13.0. The van der Waals surface area contributed by atoms with Gasteiger partial charge < -0.3 is 0 Å². The molecule has 0 radical (unpaired) electrons. The Labute approximate surface area is 160 Å². The first kappa shape index (κ1) is 19.8. The molecule has 0 fully saturated rings. The van der Waals surface area contributed by atoms with Crippen molar-refractivity contribution in [2.24, 2.45) is 0 Å². The minimum atomic E-state index is -3.73. The number of nitrogens with one attached hydrogen (secondary N) is 1. The maximum absolute atomic E-state index is 13.0. The third-order valence-corrected chi connectivity index (χ3v) is 7.38. The number of H-pyrrole nitrogens is 1. The van der Waals surface area contributed by atoms with Crippen molar-refractivity contribution in [1.82, 2.24) is 13.9 Å². The molecule has 0 unspecified atom stereocenters. The molecule has 1 N–H and O–H groups in total. The molecule has 1 aromatic heterocycles. The fourth-order valence-corrected chi connectivity index (χ4v) is 5.22. The largest absolute Gasteiger partial charge is 0.328 e. The van der Waals surface area contributed by atoms with E-state index in [1.54, 1.807) is 11.8 Å². The molecule has 7 nitrogen and oxygen atoms in total. The summed E-state index contributed by atoms with van der Waals surface area (Å²) in [7, 11) is -2.28. The third kappa shape index (κ3) is 4.17. The van der Waals surface area contributed by atoms with Gasteiger partial charge in [0.2, 0.25) is 10.0 Å². The summed E-state index contributed by atoms with van der Waals surface area (Å²) < 4.78 is 40.7. The lowest BCUT2D eigenvalue weighted by atomic mass is 10.2. The highest BCUT2D eigenvalue weighted by atomic mass is 32.2. The van der Waals surface area contributed by atoms with Crippen LogP contribution in [0.25, 0.3) is 0 Å². The summed E-state index contributed by atoms with van der Waals surface area (Å²) >= 11 is 1.65. The molecular weight excluding hydrogens is 393 g/mol. The number of fused-ring (bicyclic) bond motifs is 1. The lowest BCUT2D eigenvalue weighted by molar-refractivity contribution is 0.439. The number of nitrogens with zero attached hydrogens (tertiary/aromatic N) is 2. The van der Waals surface area contributed by atoms with Gasteiger partial charge in [0.05, 0.1) is 4.90 Å². The molecule has 27 heavy (non-hydrogen) atoms. The average molecular weight is 413 g/mol. The first-order valence-corrected chi connectivity index (χ1v) is 11.0. The smallest absolute Gasteiger partial charge is 0.297 e. The van der Waals surface area contributed by atoms with Crippen LogP contribution in [0.1, 0.15) is 17.7 Å². The average Bonchev–Trinajstić information content (AvgIpc) is 2.64. The van der Waals surface area contributed by atoms with Crippen molar-refractivity contribution in [3.8, 4) is 0 Å². The van der Waals surface area contributed by atoms with Gasteiger partial charge in [0.15, 0.2) is 0 Å². The van der Waals surface area contributed by atoms with E-state index in [0.29, 0.717) is 30.7 Å². The normalized spacial score (nSPS) is 14.3. The van der Waals surface area contributed by atoms with Crippen molar-refractivity contribution in [1.29, 1.82) is 0 Å². The first-order chi connectivity index (χ1) is 12.8. The number of aromatic amines is 1. The highest BCUT2D eigenvalue weighted by molar-refractivity contribution is 7.98. The van der Waals surface area contributed by atoms with E-state index in [4.69, 9.17) is 0 Å². The van der Waals surface area contributed by atoms with Gasteiger partial charge in [-0.25, -0.2) is 21.9 Å². The van der Waals surface area contributed by atoms with Gasteiger partial charge in [-0.3, -0.25) is 14.3 Å². The van der Waals surface area contributed by atoms with Crippen LogP contribution in [0.2, 0.25) is 0 Å². The summed E-state index contributed by atoms with van der Waals surface area (Å²) in [6.45, 7) is 0.501. The molecule has 0 atom stereocenters. The fraction of sp³-hybridized carbons (Fsp3) is 0.412. The van der Waals surface area contributed by atoms with Crippen molar-refractivity contribution < 1.29 is 12.8 Å². The van der Waals surface area contributed by atoms with Gasteiger partial charge in [-0.1, -0.05) is 0 Å². The van der Waals surface area contributed by atoms with Crippen LogP contribution in [0.3, 0.4) is 0 Å². The Morgan fingerprint density at radius 2 is 1.96 bits per heavy atom. The van der Waals surface area contributed by atoms with Crippen LogP contribution in [0.5, 0.6) is 0 Å². The molecule has 2 aromatic rings. The van der Waals surface area contributed by atoms with E-state index in [1.807, 2.05) is 0 Å². The molecule has 1 aliphatic rings. The van der Waals surface area contributed by atoms with Gasteiger partial charge in [-0.05, 0) is 42.9 Å². The number of aromatic nitrogens is 2. The van der Waals surface area contributed by atoms with Crippen LogP contribution in [0, 0.1) is 5.82 Å². The summed E-state index contributed by atoms with van der Waals surface area (Å²) in [5.74, 6) is 0.912. The molecule has 0 saturated heterocycles. The Balaban J connectivity index is 1.72. The second-order valence-electron chi connectivity index (χ2n) is 6.27. The number of benzene rings is 1. The van der Waals surface area contributed by atoms with E-state index in [0.717, 1.165) is 23.6 Å². The lowest BCUT2D eigenvalue weighted by Crippen LogP contribution is -2.37. The molecule has 1 aromatic carbocycles. The number of hydrogen-bond donors (Lipinski definition) is 1. The van der Waals surface area contributed by atoms with Gasteiger partial charge in [0.1, 0.15) is 5.82 Å². The van der Waals surface area contributed by atoms with Gasteiger partial charge >= 0.3 is 5.69 Å². The van der Waals surface area contributed by atoms with Gasteiger partial charge in [0.25, 0.3) is 5.56 Å². The standard InChI is InChI=1S/C17H20FN3O4S2/c1-20(27(24,25)13-5-3-12(18)4-6-13)8-2-9-21-15-7-10-26-11-14(15)16(22)19-17(21)23/h3-6H,2,7-11H2,1H3,(H,19,22,23). The van der Waals surface area contributed by atoms with Crippen molar-refractivity contribution >= 4 is 21.8 Å². The molecule has 2 heterocycles. The van der Waals surface area contributed by atoms with Crippen LogP contribution in [-0.4, -0.2) is 41.6 Å². The summed E-state index contributed by atoms with van der Waals surface area (Å²) in [5.41, 5.74) is 0.564. The zero-order valence-corrected chi connectivity index (χ0v) is 16.4. The topological polar surface area (TPSA) is 92.2 Å². The van der Waals surface area contributed by atoms with E-state index >= 15 is 0 Å². The molecule has 0 spiro atoms. The summed E-state index contributed by atoms with van der Waals surface area (Å²) in [6, 6.07) is 4.65. The maximum Gasteiger partial charge on any atom is 0.328 e. The summed E-state index contributed by atoms with van der Waals surface area (Å²) in [4.78, 5) is 26.5. The number of rotatable bonds is 6. The van der Waals surface area contributed by atoms with E-state index in [-0.39, 0.29) is 17.0 Å². The van der Waals surface area contributed by atoms with Crippen LogP contribution in [-0.2, 0) is 28.7 Å². The number of hydrogen-bond acceptors (Lipinski definition) is 5. The van der Waals surface area contributed by atoms with Crippen LogP contribution in [0.4, 0.5) is 4.39 Å². The Hall–Kier alpha value is -1.91. The summed E-state index contributed by atoms with van der Waals surface area (Å²) in [6.07, 6.45) is 1.05. The first-order valence-electron chi connectivity index (χ1n) is 8.45. The minimum absolute atomic E-state index is 0.0158. The van der Waals surface area contributed by atoms with E-state index in [2.05, 4.69) is 4.98 Å². The van der Waals surface area contributed by atoms with Crippen molar-refractivity contribution in [3.05, 3.63) is 62.2 Å². The lowest BCUT2D eigenvalue weighted by Gasteiger charge is -2.21. The monoisotopic (exact) mass is 413 g/mol. The Morgan fingerprint density at radius 3 is 2.67 bits per heavy atom. The Kier molecular flexibility index (Phi) is 5.87. The zero-order valence-electron chi connectivity index (χ0n) is 14.8. The van der Waals surface area contributed by atoms with Crippen molar-refractivity contribution in [3.63, 3.8) is 0 Å². The van der Waals surface area contributed by atoms with E-state index < -0.39 is 21.5 Å². The van der Waals surface area contributed by atoms with Crippen molar-refractivity contribution in [2.75, 3.05) is 19.3 Å². The molecule has 3 rings (SSSR count). The van der Waals surface area contributed by atoms with E-state index in [1.165, 1.54) is 28.1 Å². The van der Waals surface area contributed by atoms with Gasteiger partial charge in [-0.2, -0.15) is 11.8 Å². The highest BCUT2D eigenvalue weighted by Crippen LogP contribution is 2.21. The molecule has 10 heteroatoms. The number of halogens is 1. The summed E-state index contributed by atoms with van der Waals surface area (Å²) in [5, 5.41) is 0. The molecule has 0 aliphatic carbocycles. The zero-order chi connectivity index (χ0) is 19.6. The van der Waals surface area contributed by atoms with Crippen LogP contribution >= 0.6 is 11.8 Å². The Morgan fingerprint density at radius 1 is 1.26 bits per heavy atom.